The van der Waals surface area contributed by atoms with Gasteiger partial charge in [-0.25, -0.2) is 0 Å². The minimum Gasteiger partial charge on any atom is -0.290 e. The van der Waals surface area contributed by atoms with Gasteiger partial charge >= 0.3 is 0 Å². The molecule has 0 fully saturated rings. The number of benzene rings is 1. The van der Waals surface area contributed by atoms with Crippen LogP contribution in [-0.4, -0.2) is 11.0 Å². The Morgan fingerprint density at radius 3 is 3.00 bits per heavy atom. The molecule has 0 aromatic heterocycles. The summed E-state index contributed by atoms with van der Waals surface area (Å²) in [5.41, 5.74) is 2.24. The lowest BCUT2D eigenvalue weighted by Gasteiger charge is -2.00. The summed E-state index contributed by atoms with van der Waals surface area (Å²) < 4.78 is 0. The molecule has 3 nitrogen and oxygen atoms in total. The molecule has 1 aromatic carbocycles. The van der Waals surface area contributed by atoms with Gasteiger partial charge in [-0.1, -0.05) is 23.7 Å². The van der Waals surface area contributed by atoms with Crippen LogP contribution >= 0.6 is 11.6 Å². The molecule has 57 valence electrons. The van der Waals surface area contributed by atoms with Crippen LogP contribution in [0.3, 0.4) is 0 Å². The lowest BCUT2D eigenvalue weighted by Crippen LogP contribution is -2.18. The number of nitrogens with one attached hydrogen (secondary N) is 2. The minimum absolute atomic E-state index is 0.0825. The number of hydrogen-bond acceptors (Lipinski definition) is 2. The fourth-order valence-electron chi connectivity index (χ4n) is 0.657. The van der Waals surface area contributed by atoms with Gasteiger partial charge in [-0.3, -0.25) is 16.1 Å². The van der Waals surface area contributed by atoms with E-state index >= 15 is 0 Å². The fourth-order valence-corrected chi connectivity index (χ4v) is 0.838. The quantitative estimate of drug-likeness (QED) is 0.339. The predicted octanol–water partition coefficient (Wildman–Crippen LogP) is 1.44. The van der Waals surface area contributed by atoms with E-state index in [9.17, 15) is 0 Å². The number of hydroxylamine groups is 1. The number of hydrogen-bond donors (Lipinski definition) is 3. The van der Waals surface area contributed by atoms with Crippen molar-refractivity contribution in [3.05, 3.63) is 34.9 Å². The second-order valence-corrected chi connectivity index (χ2v) is 2.32. The highest BCUT2D eigenvalue weighted by atomic mass is 35.5. The highest BCUT2D eigenvalue weighted by Gasteiger charge is 1.98. The second-order valence-electron chi connectivity index (χ2n) is 1.91. The molecule has 0 spiro atoms. The Morgan fingerprint density at radius 1 is 1.73 bits per heavy atom. The van der Waals surface area contributed by atoms with Crippen LogP contribution in [0.5, 0.6) is 0 Å². The van der Waals surface area contributed by atoms with Crippen molar-refractivity contribution in [2.24, 2.45) is 0 Å². The van der Waals surface area contributed by atoms with Crippen molar-refractivity contribution in [1.82, 2.24) is 5.48 Å². The van der Waals surface area contributed by atoms with Crippen LogP contribution in [-0.2, 0) is 0 Å². The third kappa shape index (κ3) is 1.93. The molecule has 0 aliphatic carbocycles. The molecule has 0 bridgehead atoms. The average molecular weight is 170 g/mol. The van der Waals surface area contributed by atoms with Crippen molar-refractivity contribution in [3.8, 4) is 0 Å². The molecule has 3 N–H and O–H groups in total. The van der Waals surface area contributed by atoms with Gasteiger partial charge in [0.25, 0.3) is 0 Å². The summed E-state index contributed by atoms with van der Waals surface area (Å²) in [6.45, 7) is 0. The van der Waals surface area contributed by atoms with Crippen molar-refractivity contribution in [2.75, 3.05) is 0 Å². The van der Waals surface area contributed by atoms with Crippen LogP contribution in [0.1, 0.15) is 5.56 Å². The predicted molar refractivity (Wildman–Crippen MR) is 42.0 cm³/mol. The summed E-state index contributed by atoms with van der Waals surface area (Å²) in [5, 5.41) is 15.9. The molecule has 0 unspecified atom stereocenters. The van der Waals surface area contributed by atoms with Gasteiger partial charge in [0.1, 0.15) is 5.84 Å². The molecule has 0 aliphatic heterocycles. The highest BCUT2D eigenvalue weighted by Crippen LogP contribution is 2.09. The maximum Gasteiger partial charge on any atom is 0.149 e. The molecule has 0 heterocycles. The van der Waals surface area contributed by atoms with Crippen molar-refractivity contribution in [1.29, 1.82) is 5.41 Å². The van der Waals surface area contributed by atoms with Crippen LogP contribution in [0.15, 0.2) is 18.2 Å². The maximum atomic E-state index is 8.35. The Kier molecular flexibility index (Phi) is 2.46. The Labute approximate surface area is 69.1 Å². The Balaban J connectivity index is 2.96. The highest BCUT2D eigenvalue weighted by molar-refractivity contribution is 6.30. The van der Waals surface area contributed by atoms with Crippen LogP contribution in [0.4, 0.5) is 0 Å². The van der Waals surface area contributed by atoms with Gasteiger partial charge in [-0.2, -0.15) is 0 Å². The standard InChI is InChI=1S/C7H6ClN2O/c8-6-3-1-2-5(4-6)7(9)10-11/h1-2,4,11H,(H2,9,10). The first-order valence-electron chi connectivity index (χ1n) is 2.90. The van der Waals surface area contributed by atoms with Gasteiger partial charge in [0.2, 0.25) is 0 Å². The van der Waals surface area contributed by atoms with E-state index in [-0.39, 0.29) is 5.84 Å². The lowest BCUT2D eigenvalue weighted by molar-refractivity contribution is 0.234. The number of rotatable bonds is 1. The Morgan fingerprint density at radius 2 is 2.45 bits per heavy atom. The first kappa shape index (κ1) is 8.04. The Bertz CT molecular complexity index is 275. The lowest BCUT2D eigenvalue weighted by atomic mass is 10.2. The van der Waals surface area contributed by atoms with Gasteiger partial charge < -0.3 is 0 Å². The molecule has 4 heteroatoms. The van der Waals surface area contributed by atoms with Crippen LogP contribution in [0.2, 0.25) is 5.02 Å². The van der Waals surface area contributed by atoms with Gasteiger partial charge in [-0.15, -0.1) is 0 Å². The van der Waals surface area contributed by atoms with Gasteiger partial charge in [-0.05, 0) is 6.07 Å². The van der Waals surface area contributed by atoms with Crippen LogP contribution in [0, 0.1) is 11.5 Å². The van der Waals surface area contributed by atoms with Crippen LogP contribution in [0.25, 0.3) is 0 Å². The van der Waals surface area contributed by atoms with Crippen molar-refractivity contribution >= 4 is 17.4 Å². The zero-order valence-electron chi connectivity index (χ0n) is 5.56. The normalized spacial score (nSPS) is 9.27. The number of halogens is 1. The summed E-state index contributed by atoms with van der Waals surface area (Å²) >= 11 is 5.58. The van der Waals surface area contributed by atoms with Gasteiger partial charge in [0.05, 0.1) is 0 Å². The fraction of sp³-hybridized carbons (Fsp3) is 0. The molecule has 1 rings (SSSR count). The summed E-state index contributed by atoms with van der Waals surface area (Å²) in [5.74, 6) is -0.0825. The summed E-state index contributed by atoms with van der Waals surface area (Å²) in [7, 11) is 0. The summed E-state index contributed by atoms with van der Waals surface area (Å²) in [6.07, 6.45) is 0. The van der Waals surface area contributed by atoms with Crippen molar-refractivity contribution in [3.63, 3.8) is 0 Å². The van der Waals surface area contributed by atoms with E-state index < -0.39 is 0 Å². The molecule has 0 atom stereocenters. The third-order valence-electron chi connectivity index (χ3n) is 1.17. The van der Waals surface area contributed by atoms with Crippen molar-refractivity contribution in [2.45, 2.75) is 0 Å². The Hall–Kier alpha value is -1.06. The maximum absolute atomic E-state index is 8.35. The van der Waals surface area contributed by atoms with E-state index in [2.05, 4.69) is 6.07 Å². The minimum atomic E-state index is -0.0825. The van der Waals surface area contributed by atoms with E-state index in [1.165, 1.54) is 6.07 Å². The smallest absolute Gasteiger partial charge is 0.149 e. The first-order valence-corrected chi connectivity index (χ1v) is 3.28. The molecule has 0 amide bonds. The first-order chi connectivity index (χ1) is 5.24. The average Bonchev–Trinajstić information content (AvgIpc) is 2.03. The van der Waals surface area contributed by atoms with E-state index in [4.69, 9.17) is 22.2 Å². The van der Waals surface area contributed by atoms with Gasteiger partial charge in [0.15, 0.2) is 0 Å². The van der Waals surface area contributed by atoms with E-state index in [1.54, 1.807) is 17.6 Å². The molecule has 1 radical (unpaired) electrons. The molecular weight excluding hydrogens is 164 g/mol. The molecule has 0 aliphatic rings. The summed E-state index contributed by atoms with van der Waals surface area (Å²) in [6, 6.07) is 7.45. The van der Waals surface area contributed by atoms with E-state index in [0.29, 0.717) is 10.6 Å². The van der Waals surface area contributed by atoms with E-state index in [0.717, 1.165) is 0 Å². The molecule has 0 saturated carbocycles. The zero-order chi connectivity index (χ0) is 8.27. The monoisotopic (exact) mass is 169 g/mol. The molecule has 0 saturated heterocycles. The topological polar surface area (TPSA) is 56.1 Å². The molecule has 11 heavy (non-hydrogen) atoms. The summed E-state index contributed by atoms with van der Waals surface area (Å²) in [4.78, 5) is 0. The molecular formula is C7H6ClN2O. The van der Waals surface area contributed by atoms with Crippen molar-refractivity contribution < 1.29 is 5.21 Å². The van der Waals surface area contributed by atoms with Crippen LogP contribution < -0.4 is 5.48 Å². The van der Waals surface area contributed by atoms with E-state index in [1.807, 2.05) is 0 Å². The third-order valence-corrected chi connectivity index (χ3v) is 1.39. The second kappa shape index (κ2) is 3.37. The largest absolute Gasteiger partial charge is 0.290 e. The van der Waals surface area contributed by atoms with Gasteiger partial charge in [0, 0.05) is 16.7 Å². The SMILES string of the molecule is N=C(NO)c1cc[c]c(Cl)c1. The zero-order valence-corrected chi connectivity index (χ0v) is 6.31. The number of amidine groups is 1. The molecule has 1 aromatic rings.